The van der Waals surface area contributed by atoms with E-state index in [1.165, 1.54) is 5.56 Å². The molecule has 0 N–H and O–H groups in total. The summed E-state index contributed by atoms with van der Waals surface area (Å²) in [7, 11) is 0. The Morgan fingerprint density at radius 1 is 0.977 bits per heavy atom. The number of hydrogen-bond acceptors (Lipinski definition) is 7. The van der Waals surface area contributed by atoms with Gasteiger partial charge in [-0.15, -0.1) is 0 Å². The van der Waals surface area contributed by atoms with Crippen LogP contribution in [0.1, 0.15) is 109 Å². The maximum atomic E-state index is 13.4. The minimum atomic E-state index is -0.213. The van der Waals surface area contributed by atoms with Crippen LogP contribution in [0.4, 0.5) is 0 Å². The summed E-state index contributed by atoms with van der Waals surface area (Å²) in [5.41, 5.74) is 1.31. The van der Waals surface area contributed by atoms with E-state index in [-0.39, 0.29) is 54.5 Å². The standard InChI is InChI=1S/C36H54O7/c1-27(2)41-34(38)17-9-4-3-8-16-30-31(33(26-32(30)37)43-36-19-11-13-25-40-36)23-22-29(42-35-18-10-12-24-39-35)21-20-28-14-6-5-7-15-28/h3,5-8,14-15,27,29-31,33,35-36H,4,9-13,16-26H2,1-2H3/b8-3-/t29-,30+,31+,33-,35?,36?/m0/s1. The lowest BCUT2D eigenvalue weighted by Gasteiger charge is -2.32. The number of esters is 1. The van der Waals surface area contributed by atoms with Gasteiger partial charge in [0, 0.05) is 32.0 Å². The highest BCUT2D eigenvalue weighted by Crippen LogP contribution is 2.39. The second-order valence-electron chi connectivity index (χ2n) is 12.7. The number of ketones is 1. The Bertz CT molecular complexity index is 965. The van der Waals surface area contributed by atoms with Crippen LogP contribution in [-0.4, -0.2) is 55.9 Å². The van der Waals surface area contributed by atoms with Crippen molar-refractivity contribution in [2.75, 3.05) is 13.2 Å². The lowest BCUT2D eigenvalue weighted by molar-refractivity contribution is -0.200. The molecule has 0 aromatic heterocycles. The molecule has 1 aromatic carbocycles. The molecule has 1 aromatic rings. The van der Waals surface area contributed by atoms with Crippen molar-refractivity contribution in [2.45, 2.75) is 141 Å². The summed E-state index contributed by atoms with van der Waals surface area (Å²) >= 11 is 0. The molecule has 3 fully saturated rings. The van der Waals surface area contributed by atoms with Crippen LogP contribution in [0.5, 0.6) is 0 Å². The van der Waals surface area contributed by atoms with Gasteiger partial charge in [0.2, 0.25) is 0 Å². The third-order valence-electron chi connectivity index (χ3n) is 8.85. The van der Waals surface area contributed by atoms with Gasteiger partial charge in [-0.05, 0) is 109 Å². The Hall–Kier alpha value is -2.06. The number of benzene rings is 1. The molecule has 7 heteroatoms. The molecule has 0 amide bonds. The number of rotatable bonds is 17. The van der Waals surface area contributed by atoms with Gasteiger partial charge in [0.05, 0.1) is 18.3 Å². The molecule has 4 rings (SSSR count). The largest absolute Gasteiger partial charge is 0.463 e. The second kappa shape index (κ2) is 18.7. The Morgan fingerprint density at radius 2 is 1.72 bits per heavy atom. The number of unbranched alkanes of at least 4 members (excludes halogenated alkanes) is 1. The highest BCUT2D eigenvalue weighted by molar-refractivity contribution is 5.84. The molecule has 6 atom stereocenters. The molecule has 2 aliphatic heterocycles. The summed E-state index contributed by atoms with van der Waals surface area (Å²) in [5.74, 6) is 0.186. The summed E-state index contributed by atoms with van der Waals surface area (Å²) in [4.78, 5) is 25.2. The molecule has 2 saturated heterocycles. The topological polar surface area (TPSA) is 80.3 Å². The quantitative estimate of drug-likeness (QED) is 0.104. The molecule has 1 aliphatic carbocycles. The van der Waals surface area contributed by atoms with Crippen LogP contribution in [0.2, 0.25) is 0 Å². The lowest BCUT2D eigenvalue weighted by atomic mass is 9.85. The van der Waals surface area contributed by atoms with E-state index in [9.17, 15) is 9.59 Å². The molecule has 1 saturated carbocycles. The average molecular weight is 599 g/mol. The molecular weight excluding hydrogens is 544 g/mol. The fourth-order valence-electron chi connectivity index (χ4n) is 6.57. The van der Waals surface area contributed by atoms with Crippen molar-refractivity contribution in [3.05, 3.63) is 48.0 Å². The first-order valence-electron chi connectivity index (χ1n) is 16.9. The lowest BCUT2D eigenvalue weighted by Crippen LogP contribution is -2.33. The number of carbonyl (C=O) groups excluding carboxylic acids is 2. The van der Waals surface area contributed by atoms with Crippen LogP contribution in [0.3, 0.4) is 0 Å². The predicted molar refractivity (Wildman–Crippen MR) is 166 cm³/mol. The number of allylic oxidation sites excluding steroid dienone is 2. The summed E-state index contributed by atoms with van der Waals surface area (Å²) in [6.07, 6.45) is 16.7. The number of Topliss-reactive ketones (excluding diaryl/α,β-unsaturated/α-hetero) is 1. The van der Waals surface area contributed by atoms with E-state index in [0.717, 1.165) is 90.3 Å². The fourth-order valence-corrected chi connectivity index (χ4v) is 6.57. The second-order valence-corrected chi connectivity index (χ2v) is 12.7. The molecule has 43 heavy (non-hydrogen) atoms. The number of ether oxygens (including phenoxy) is 5. The monoisotopic (exact) mass is 598 g/mol. The zero-order valence-corrected chi connectivity index (χ0v) is 26.5. The maximum absolute atomic E-state index is 13.4. The van der Waals surface area contributed by atoms with Gasteiger partial charge in [0.15, 0.2) is 12.6 Å². The van der Waals surface area contributed by atoms with E-state index in [1.807, 2.05) is 13.8 Å². The highest BCUT2D eigenvalue weighted by atomic mass is 16.7. The normalized spacial score (nSPS) is 27.1. The minimum absolute atomic E-state index is 0.0624. The summed E-state index contributed by atoms with van der Waals surface area (Å²) in [6, 6.07) is 10.6. The predicted octanol–water partition coefficient (Wildman–Crippen LogP) is 7.50. The average Bonchev–Trinajstić information content (AvgIpc) is 3.30. The highest BCUT2D eigenvalue weighted by Gasteiger charge is 2.43. The van der Waals surface area contributed by atoms with Crippen molar-refractivity contribution >= 4 is 11.8 Å². The summed E-state index contributed by atoms with van der Waals surface area (Å²) in [5, 5.41) is 0. The minimum Gasteiger partial charge on any atom is -0.463 e. The van der Waals surface area contributed by atoms with E-state index in [2.05, 4.69) is 42.5 Å². The zero-order valence-electron chi connectivity index (χ0n) is 26.5. The smallest absolute Gasteiger partial charge is 0.306 e. The summed E-state index contributed by atoms with van der Waals surface area (Å²) in [6.45, 7) is 5.22. The molecule has 7 nitrogen and oxygen atoms in total. The molecule has 0 radical (unpaired) electrons. The van der Waals surface area contributed by atoms with Crippen molar-refractivity contribution in [2.24, 2.45) is 11.8 Å². The third-order valence-corrected chi connectivity index (χ3v) is 8.85. The first-order valence-corrected chi connectivity index (χ1v) is 16.9. The summed E-state index contributed by atoms with van der Waals surface area (Å²) < 4.78 is 30.2. The number of carbonyl (C=O) groups is 2. The molecule has 0 spiro atoms. The molecule has 240 valence electrons. The van der Waals surface area contributed by atoms with Crippen LogP contribution in [0.15, 0.2) is 42.5 Å². The Balaban J connectivity index is 1.36. The first kappa shape index (κ1) is 33.8. The van der Waals surface area contributed by atoms with Crippen molar-refractivity contribution in [3.63, 3.8) is 0 Å². The van der Waals surface area contributed by atoms with E-state index >= 15 is 0 Å². The number of aryl methyl sites for hydroxylation is 1. The van der Waals surface area contributed by atoms with Gasteiger partial charge in [-0.3, -0.25) is 9.59 Å². The van der Waals surface area contributed by atoms with Gasteiger partial charge in [-0.25, -0.2) is 0 Å². The molecule has 2 unspecified atom stereocenters. The SMILES string of the molecule is CC(C)OC(=O)CCC/C=C\C[C@H]1C(=O)C[C@H](OC2CCCCO2)[C@@H]1CC[C@H](CCc1ccccc1)OC1CCCCO1. The van der Waals surface area contributed by atoms with E-state index in [0.29, 0.717) is 19.3 Å². The van der Waals surface area contributed by atoms with Gasteiger partial charge in [0.1, 0.15) is 5.78 Å². The molecular formula is C36H54O7. The van der Waals surface area contributed by atoms with Gasteiger partial charge in [0.25, 0.3) is 0 Å². The first-order chi connectivity index (χ1) is 21.0. The molecule has 2 heterocycles. The van der Waals surface area contributed by atoms with Gasteiger partial charge in [-0.2, -0.15) is 0 Å². The van der Waals surface area contributed by atoms with Crippen molar-refractivity contribution < 1.29 is 33.3 Å². The molecule has 3 aliphatic rings. The van der Waals surface area contributed by atoms with E-state index in [1.54, 1.807) is 0 Å². The van der Waals surface area contributed by atoms with Gasteiger partial charge >= 0.3 is 5.97 Å². The van der Waals surface area contributed by atoms with Crippen LogP contribution >= 0.6 is 0 Å². The fraction of sp³-hybridized carbons (Fsp3) is 0.722. The van der Waals surface area contributed by atoms with E-state index < -0.39 is 0 Å². The molecule has 0 bridgehead atoms. The van der Waals surface area contributed by atoms with Crippen molar-refractivity contribution in [1.82, 2.24) is 0 Å². The Kier molecular flexibility index (Phi) is 14.7. The zero-order chi connectivity index (χ0) is 30.3. The van der Waals surface area contributed by atoms with Crippen LogP contribution < -0.4 is 0 Å². The van der Waals surface area contributed by atoms with Gasteiger partial charge < -0.3 is 23.7 Å². The van der Waals surface area contributed by atoms with Crippen LogP contribution in [0, 0.1) is 11.8 Å². The Morgan fingerprint density at radius 3 is 2.42 bits per heavy atom. The van der Waals surface area contributed by atoms with E-state index in [4.69, 9.17) is 23.7 Å². The Labute approximate surface area is 259 Å². The van der Waals surface area contributed by atoms with Crippen molar-refractivity contribution in [1.29, 1.82) is 0 Å². The van der Waals surface area contributed by atoms with Gasteiger partial charge in [-0.1, -0.05) is 42.5 Å². The maximum Gasteiger partial charge on any atom is 0.306 e. The van der Waals surface area contributed by atoms with Crippen LogP contribution in [-0.2, 0) is 39.7 Å². The van der Waals surface area contributed by atoms with Crippen molar-refractivity contribution in [3.8, 4) is 0 Å². The number of hydrogen-bond donors (Lipinski definition) is 0. The van der Waals surface area contributed by atoms with Crippen LogP contribution in [0.25, 0.3) is 0 Å². The third kappa shape index (κ3) is 12.1.